The predicted molar refractivity (Wildman–Crippen MR) is 56.9 cm³/mol. The maximum atomic E-state index is 12.4. The lowest BCUT2D eigenvalue weighted by atomic mass is 10.4. The Hall–Kier alpha value is -2.03. The van der Waals surface area contributed by atoms with Crippen LogP contribution in [-0.2, 0) is 0 Å². The fourth-order valence-corrected chi connectivity index (χ4v) is 1.29. The van der Waals surface area contributed by atoms with Crippen LogP contribution in [0.25, 0.3) is 5.65 Å². The van der Waals surface area contributed by atoms with Crippen molar-refractivity contribution in [2.24, 2.45) is 5.84 Å². The van der Waals surface area contributed by atoms with Crippen LogP contribution in [0.3, 0.4) is 0 Å². The minimum atomic E-state index is -4.47. The van der Waals surface area contributed by atoms with Crippen LogP contribution in [0.15, 0.2) is 18.6 Å². The normalized spacial score (nSPS) is 13.6. The Morgan fingerprint density at radius 3 is 2.83 bits per heavy atom. The van der Waals surface area contributed by atoms with Gasteiger partial charge in [-0.05, 0) is 6.92 Å². The topological polar surface area (TPSA) is 77.5 Å². The lowest BCUT2D eigenvalue weighted by Crippen LogP contribution is -2.31. The molecular formula is C9H10F3N5O. The average Bonchev–Trinajstić information content (AvgIpc) is 2.75. The zero-order valence-corrected chi connectivity index (χ0v) is 9.27. The van der Waals surface area contributed by atoms with E-state index in [1.54, 1.807) is 6.20 Å². The van der Waals surface area contributed by atoms with E-state index in [0.29, 0.717) is 0 Å². The number of anilines is 1. The number of alkyl halides is 3. The number of rotatable bonds is 3. The van der Waals surface area contributed by atoms with E-state index in [4.69, 9.17) is 10.6 Å². The summed E-state index contributed by atoms with van der Waals surface area (Å²) in [7, 11) is 0. The summed E-state index contributed by atoms with van der Waals surface area (Å²) in [5, 5.41) is 0. The Morgan fingerprint density at radius 2 is 2.22 bits per heavy atom. The smallest absolute Gasteiger partial charge is 0.425 e. The molecule has 0 bridgehead atoms. The number of nitrogens with one attached hydrogen (secondary N) is 1. The van der Waals surface area contributed by atoms with E-state index in [0.717, 1.165) is 6.92 Å². The highest BCUT2D eigenvalue weighted by atomic mass is 19.4. The molecular weight excluding hydrogens is 251 g/mol. The molecule has 0 aliphatic carbocycles. The number of nitrogen functional groups attached to an aromatic ring is 1. The minimum Gasteiger partial charge on any atom is -0.462 e. The molecule has 0 saturated heterocycles. The number of aromatic nitrogens is 3. The number of hydrogen-bond acceptors (Lipinski definition) is 5. The van der Waals surface area contributed by atoms with E-state index in [-0.39, 0.29) is 17.3 Å². The summed E-state index contributed by atoms with van der Waals surface area (Å²) in [6.45, 7) is 0.893. The van der Waals surface area contributed by atoms with Gasteiger partial charge in [-0.25, -0.2) is 10.8 Å². The van der Waals surface area contributed by atoms with Crippen molar-refractivity contribution in [3.8, 4) is 5.88 Å². The van der Waals surface area contributed by atoms with E-state index >= 15 is 0 Å². The number of hydrogen-bond donors (Lipinski definition) is 2. The monoisotopic (exact) mass is 261 g/mol. The molecule has 0 aliphatic heterocycles. The number of ether oxygens (including phenoxy) is 1. The number of fused-ring (bicyclic) bond motifs is 1. The molecule has 6 nitrogen and oxygen atoms in total. The molecule has 0 aromatic carbocycles. The van der Waals surface area contributed by atoms with Gasteiger partial charge in [-0.1, -0.05) is 0 Å². The van der Waals surface area contributed by atoms with Crippen molar-refractivity contribution in [2.75, 3.05) is 5.43 Å². The third-order valence-corrected chi connectivity index (χ3v) is 2.24. The summed E-state index contributed by atoms with van der Waals surface area (Å²) >= 11 is 0. The number of nitrogens with two attached hydrogens (primary N) is 1. The first-order valence-corrected chi connectivity index (χ1v) is 4.95. The largest absolute Gasteiger partial charge is 0.462 e. The molecule has 9 heteroatoms. The van der Waals surface area contributed by atoms with Crippen LogP contribution in [0.2, 0.25) is 0 Å². The molecule has 0 aliphatic rings. The van der Waals surface area contributed by atoms with Gasteiger partial charge in [0.25, 0.3) is 5.88 Å². The number of imidazole rings is 1. The highest BCUT2D eigenvalue weighted by Crippen LogP contribution is 2.26. The van der Waals surface area contributed by atoms with E-state index in [1.807, 2.05) is 0 Å². The third kappa shape index (κ3) is 2.30. The van der Waals surface area contributed by atoms with Gasteiger partial charge in [0.05, 0.1) is 6.20 Å². The average molecular weight is 261 g/mol. The van der Waals surface area contributed by atoms with E-state index in [9.17, 15) is 13.2 Å². The molecule has 2 aromatic rings. The fourth-order valence-electron chi connectivity index (χ4n) is 1.29. The Kier molecular flexibility index (Phi) is 2.99. The molecule has 0 radical (unpaired) electrons. The molecule has 0 saturated carbocycles. The molecule has 98 valence electrons. The van der Waals surface area contributed by atoms with Crippen molar-refractivity contribution in [1.82, 2.24) is 14.4 Å². The van der Waals surface area contributed by atoms with Crippen LogP contribution >= 0.6 is 0 Å². The predicted octanol–water partition coefficient (Wildman–Crippen LogP) is 1.34. The van der Waals surface area contributed by atoms with Gasteiger partial charge in [-0.15, -0.1) is 0 Å². The molecule has 2 aromatic heterocycles. The number of nitrogens with zero attached hydrogens (tertiary/aromatic N) is 3. The van der Waals surface area contributed by atoms with Gasteiger partial charge >= 0.3 is 6.18 Å². The van der Waals surface area contributed by atoms with Crippen LogP contribution in [0.5, 0.6) is 5.88 Å². The van der Waals surface area contributed by atoms with Crippen molar-refractivity contribution in [3.05, 3.63) is 18.6 Å². The van der Waals surface area contributed by atoms with Gasteiger partial charge in [-0.2, -0.15) is 18.2 Å². The number of hydrazine groups is 1. The Balaban J connectivity index is 2.40. The molecule has 3 N–H and O–H groups in total. The minimum absolute atomic E-state index is 0.171. The van der Waals surface area contributed by atoms with Gasteiger partial charge in [-0.3, -0.25) is 4.40 Å². The Morgan fingerprint density at radius 1 is 1.50 bits per heavy atom. The second-order valence-corrected chi connectivity index (χ2v) is 3.54. The zero-order valence-electron chi connectivity index (χ0n) is 9.27. The molecule has 0 spiro atoms. The summed E-state index contributed by atoms with van der Waals surface area (Å²) < 4.78 is 43.5. The van der Waals surface area contributed by atoms with Crippen LogP contribution in [0.4, 0.5) is 19.0 Å². The molecule has 2 rings (SSSR count). The first kappa shape index (κ1) is 12.4. The second kappa shape index (κ2) is 4.33. The Labute approximate surface area is 99.6 Å². The van der Waals surface area contributed by atoms with E-state index in [2.05, 4.69) is 15.4 Å². The molecule has 0 fully saturated rings. The highest BCUT2D eigenvalue weighted by molar-refractivity contribution is 5.53. The van der Waals surface area contributed by atoms with Crippen molar-refractivity contribution >= 4 is 11.5 Å². The van der Waals surface area contributed by atoms with Crippen LogP contribution in [-0.4, -0.2) is 26.6 Å². The molecule has 1 unspecified atom stereocenters. The lowest BCUT2D eigenvalue weighted by Gasteiger charge is -2.17. The SMILES string of the molecule is CC(Oc1nc(NN)cn2ccnc12)C(F)(F)F. The molecule has 1 atom stereocenters. The van der Waals surface area contributed by atoms with Crippen LogP contribution < -0.4 is 16.0 Å². The van der Waals surface area contributed by atoms with Crippen LogP contribution in [0.1, 0.15) is 6.92 Å². The summed E-state index contributed by atoms with van der Waals surface area (Å²) in [4.78, 5) is 7.67. The van der Waals surface area contributed by atoms with Crippen LogP contribution in [0, 0.1) is 0 Å². The maximum Gasteiger partial charge on any atom is 0.425 e. The highest BCUT2D eigenvalue weighted by Gasteiger charge is 2.38. The van der Waals surface area contributed by atoms with Gasteiger partial charge in [0, 0.05) is 12.4 Å². The van der Waals surface area contributed by atoms with Crippen molar-refractivity contribution in [3.63, 3.8) is 0 Å². The molecule has 18 heavy (non-hydrogen) atoms. The van der Waals surface area contributed by atoms with Gasteiger partial charge in [0.2, 0.25) is 5.65 Å². The van der Waals surface area contributed by atoms with Gasteiger partial charge in [0.1, 0.15) is 0 Å². The standard InChI is InChI=1S/C9H10F3N5O/c1-5(9(10,11)12)18-8-7-14-2-3-17(7)4-6(15-8)16-13/h2-5,16H,13H2,1H3. The first-order chi connectivity index (χ1) is 8.41. The summed E-state index contributed by atoms with van der Waals surface area (Å²) in [6, 6.07) is 0. The zero-order chi connectivity index (χ0) is 13.3. The van der Waals surface area contributed by atoms with E-state index in [1.165, 1.54) is 16.8 Å². The van der Waals surface area contributed by atoms with Gasteiger partial charge in [0.15, 0.2) is 11.9 Å². The van der Waals surface area contributed by atoms with Crippen molar-refractivity contribution < 1.29 is 17.9 Å². The lowest BCUT2D eigenvalue weighted by molar-refractivity contribution is -0.189. The second-order valence-electron chi connectivity index (χ2n) is 3.54. The van der Waals surface area contributed by atoms with E-state index < -0.39 is 12.3 Å². The Bertz CT molecular complexity index is 553. The quantitative estimate of drug-likeness (QED) is 0.644. The fraction of sp³-hybridized carbons (Fsp3) is 0.333. The summed E-state index contributed by atoms with van der Waals surface area (Å²) in [5.74, 6) is 5.11. The summed E-state index contributed by atoms with van der Waals surface area (Å²) in [6.07, 6.45) is -2.02. The molecule has 2 heterocycles. The first-order valence-electron chi connectivity index (χ1n) is 4.95. The summed E-state index contributed by atoms with van der Waals surface area (Å²) in [5.41, 5.74) is 2.43. The number of halogens is 3. The van der Waals surface area contributed by atoms with Gasteiger partial charge < -0.3 is 10.2 Å². The molecule has 0 amide bonds. The third-order valence-electron chi connectivity index (χ3n) is 2.24. The maximum absolute atomic E-state index is 12.4. The van der Waals surface area contributed by atoms with Crippen molar-refractivity contribution in [2.45, 2.75) is 19.2 Å². The van der Waals surface area contributed by atoms with Crippen molar-refractivity contribution in [1.29, 1.82) is 0 Å².